The Labute approximate surface area is 115 Å². The number of hydrogen-bond acceptors (Lipinski definition) is 3. The first-order chi connectivity index (χ1) is 9.04. The molecular formula is C15H23N3O. The van der Waals surface area contributed by atoms with Crippen molar-refractivity contribution in [3.05, 3.63) is 29.8 Å². The molecular weight excluding hydrogens is 238 g/mol. The number of likely N-dealkylation sites (tertiary alicyclic amines) is 1. The molecule has 1 amide bonds. The van der Waals surface area contributed by atoms with Crippen LogP contribution in [0, 0.1) is 0 Å². The number of hydrogen-bond donors (Lipinski definition) is 1. The number of carbonyl (C=O) groups is 1. The van der Waals surface area contributed by atoms with Crippen molar-refractivity contribution >= 4 is 11.6 Å². The van der Waals surface area contributed by atoms with Gasteiger partial charge in [0, 0.05) is 31.9 Å². The third kappa shape index (κ3) is 2.73. The summed E-state index contributed by atoms with van der Waals surface area (Å²) in [5.41, 5.74) is 7.84. The summed E-state index contributed by atoms with van der Waals surface area (Å²) in [6.45, 7) is 5.64. The van der Waals surface area contributed by atoms with Gasteiger partial charge in [0.2, 0.25) is 5.91 Å². The average Bonchev–Trinajstić information content (AvgIpc) is 2.72. The molecule has 4 heteroatoms. The summed E-state index contributed by atoms with van der Waals surface area (Å²) < 4.78 is 0. The predicted molar refractivity (Wildman–Crippen MR) is 78.0 cm³/mol. The van der Waals surface area contributed by atoms with Gasteiger partial charge < -0.3 is 15.5 Å². The Morgan fingerprint density at radius 2 is 2.00 bits per heavy atom. The summed E-state index contributed by atoms with van der Waals surface area (Å²) in [6, 6.07) is 8.46. The largest absolute Gasteiger partial charge is 0.357 e. The van der Waals surface area contributed by atoms with Crippen LogP contribution in [0.3, 0.4) is 0 Å². The van der Waals surface area contributed by atoms with Gasteiger partial charge in [-0.2, -0.15) is 0 Å². The highest BCUT2D eigenvalue weighted by Gasteiger charge is 2.35. The van der Waals surface area contributed by atoms with Gasteiger partial charge in [0.05, 0.1) is 0 Å². The summed E-state index contributed by atoms with van der Waals surface area (Å²) in [6.07, 6.45) is 0.895. The number of anilines is 1. The maximum atomic E-state index is 12.2. The van der Waals surface area contributed by atoms with E-state index in [-0.39, 0.29) is 11.9 Å². The van der Waals surface area contributed by atoms with Crippen LogP contribution in [-0.2, 0) is 11.3 Å². The highest BCUT2D eigenvalue weighted by molar-refractivity contribution is 5.87. The van der Waals surface area contributed by atoms with E-state index in [4.69, 9.17) is 5.73 Å². The molecule has 1 aromatic carbocycles. The van der Waals surface area contributed by atoms with Gasteiger partial charge in [0.25, 0.3) is 0 Å². The van der Waals surface area contributed by atoms with Crippen LogP contribution < -0.4 is 10.6 Å². The second-order valence-electron chi connectivity index (χ2n) is 5.44. The molecule has 1 aliphatic rings. The lowest BCUT2D eigenvalue weighted by atomic mass is 10.1. The normalized spacial score (nSPS) is 19.3. The maximum absolute atomic E-state index is 12.2. The van der Waals surface area contributed by atoms with Crippen LogP contribution in [0.4, 0.5) is 5.69 Å². The smallest absolute Gasteiger partial charge is 0.245 e. The Morgan fingerprint density at radius 1 is 1.37 bits per heavy atom. The standard InChI is InChI=1S/C15H23N3O/c1-11(2)18(14-8-9-17(3)15(14)19)13-6-4-12(10-16)5-7-13/h4-7,11,14H,8-10,16H2,1-3H3. The van der Waals surface area contributed by atoms with Gasteiger partial charge in [-0.1, -0.05) is 12.1 Å². The van der Waals surface area contributed by atoms with Crippen LogP contribution >= 0.6 is 0 Å². The second kappa shape index (κ2) is 5.61. The first-order valence-electron chi connectivity index (χ1n) is 6.87. The molecule has 0 aliphatic carbocycles. The summed E-state index contributed by atoms with van der Waals surface area (Å²) in [5.74, 6) is 0.219. The van der Waals surface area contributed by atoms with Crippen molar-refractivity contribution in [2.24, 2.45) is 5.73 Å². The molecule has 0 bridgehead atoms. The number of carbonyl (C=O) groups excluding carboxylic acids is 1. The molecule has 104 valence electrons. The molecule has 1 saturated heterocycles. The van der Waals surface area contributed by atoms with Gasteiger partial charge >= 0.3 is 0 Å². The first kappa shape index (κ1) is 13.9. The van der Waals surface area contributed by atoms with Crippen LogP contribution in [-0.4, -0.2) is 36.5 Å². The third-order valence-corrected chi connectivity index (χ3v) is 3.76. The molecule has 1 aromatic rings. The minimum Gasteiger partial charge on any atom is -0.357 e. The molecule has 1 atom stereocenters. The lowest BCUT2D eigenvalue weighted by Crippen LogP contribution is -2.45. The third-order valence-electron chi connectivity index (χ3n) is 3.76. The molecule has 19 heavy (non-hydrogen) atoms. The minimum atomic E-state index is -0.0336. The van der Waals surface area contributed by atoms with E-state index in [0.29, 0.717) is 12.6 Å². The average molecular weight is 261 g/mol. The van der Waals surface area contributed by atoms with E-state index >= 15 is 0 Å². The number of benzene rings is 1. The molecule has 2 N–H and O–H groups in total. The topological polar surface area (TPSA) is 49.6 Å². The molecule has 4 nitrogen and oxygen atoms in total. The number of nitrogens with two attached hydrogens (primary N) is 1. The Bertz CT molecular complexity index is 441. The quantitative estimate of drug-likeness (QED) is 0.895. The number of nitrogens with zero attached hydrogens (tertiary/aromatic N) is 2. The molecule has 0 saturated carbocycles. The van der Waals surface area contributed by atoms with Crippen molar-refractivity contribution in [3.63, 3.8) is 0 Å². The van der Waals surface area contributed by atoms with E-state index in [9.17, 15) is 4.79 Å². The number of amides is 1. The zero-order valence-corrected chi connectivity index (χ0v) is 12.0. The first-order valence-corrected chi connectivity index (χ1v) is 6.87. The van der Waals surface area contributed by atoms with Gasteiger partial charge in [-0.25, -0.2) is 0 Å². The van der Waals surface area contributed by atoms with E-state index in [1.165, 1.54) is 0 Å². The fourth-order valence-electron chi connectivity index (χ4n) is 2.70. The molecule has 2 rings (SSSR count). The van der Waals surface area contributed by atoms with Crippen LogP contribution in [0.2, 0.25) is 0 Å². The van der Waals surface area contributed by atoms with Crippen LogP contribution in [0.25, 0.3) is 0 Å². The fraction of sp³-hybridized carbons (Fsp3) is 0.533. The monoisotopic (exact) mass is 261 g/mol. The molecule has 1 heterocycles. The molecule has 1 fully saturated rings. The molecule has 0 spiro atoms. The number of likely N-dealkylation sites (N-methyl/N-ethyl adjacent to an activating group) is 1. The van der Waals surface area contributed by atoms with Crippen molar-refractivity contribution in [1.82, 2.24) is 4.90 Å². The van der Waals surface area contributed by atoms with Crippen molar-refractivity contribution in [2.45, 2.75) is 38.9 Å². The summed E-state index contributed by atoms with van der Waals surface area (Å²) >= 11 is 0. The van der Waals surface area contributed by atoms with Crippen molar-refractivity contribution in [3.8, 4) is 0 Å². The molecule has 0 aromatic heterocycles. The van der Waals surface area contributed by atoms with E-state index < -0.39 is 0 Å². The lowest BCUT2D eigenvalue weighted by molar-refractivity contribution is -0.127. The highest BCUT2D eigenvalue weighted by atomic mass is 16.2. The van der Waals surface area contributed by atoms with Crippen LogP contribution in [0.1, 0.15) is 25.8 Å². The molecule has 0 radical (unpaired) electrons. The van der Waals surface area contributed by atoms with Gasteiger partial charge in [-0.05, 0) is 38.0 Å². The Balaban J connectivity index is 2.27. The fourth-order valence-corrected chi connectivity index (χ4v) is 2.70. The minimum absolute atomic E-state index is 0.0336. The van der Waals surface area contributed by atoms with E-state index in [1.807, 2.05) is 24.1 Å². The summed E-state index contributed by atoms with van der Waals surface area (Å²) in [7, 11) is 1.87. The van der Waals surface area contributed by atoms with Crippen LogP contribution in [0.5, 0.6) is 0 Å². The maximum Gasteiger partial charge on any atom is 0.245 e. The highest BCUT2D eigenvalue weighted by Crippen LogP contribution is 2.26. The van der Waals surface area contributed by atoms with Crippen LogP contribution in [0.15, 0.2) is 24.3 Å². The van der Waals surface area contributed by atoms with Crippen molar-refractivity contribution < 1.29 is 4.79 Å². The van der Waals surface area contributed by atoms with E-state index in [0.717, 1.165) is 24.2 Å². The Hall–Kier alpha value is -1.55. The van der Waals surface area contributed by atoms with Gasteiger partial charge in [-0.15, -0.1) is 0 Å². The number of rotatable bonds is 4. The van der Waals surface area contributed by atoms with E-state index in [2.05, 4.69) is 30.9 Å². The predicted octanol–water partition coefficient (Wildman–Crippen LogP) is 1.59. The second-order valence-corrected chi connectivity index (χ2v) is 5.44. The Morgan fingerprint density at radius 3 is 2.42 bits per heavy atom. The summed E-state index contributed by atoms with van der Waals surface area (Å²) in [5, 5.41) is 0. The zero-order chi connectivity index (χ0) is 14.0. The van der Waals surface area contributed by atoms with Gasteiger partial charge in [0.15, 0.2) is 0 Å². The zero-order valence-electron chi connectivity index (χ0n) is 12.0. The van der Waals surface area contributed by atoms with E-state index in [1.54, 1.807) is 0 Å². The molecule has 1 aliphatic heterocycles. The molecule has 1 unspecified atom stereocenters. The van der Waals surface area contributed by atoms with Gasteiger partial charge in [0.1, 0.15) is 6.04 Å². The summed E-state index contributed by atoms with van der Waals surface area (Å²) in [4.78, 5) is 16.2. The van der Waals surface area contributed by atoms with Crippen molar-refractivity contribution in [1.29, 1.82) is 0 Å². The SMILES string of the molecule is CC(C)N(c1ccc(CN)cc1)C1CCN(C)C1=O. The van der Waals surface area contributed by atoms with Gasteiger partial charge in [-0.3, -0.25) is 4.79 Å². The Kier molecular flexibility index (Phi) is 4.10. The van der Waals surface area contributed by atoms with Crippen molar-refractivity contribution in [2.75, 3.05) is 18.5 Å². The lowest BCUT2D eigenvalue weighted by Gasteiger charge is -2.33.